The topological polar surface area (TPSA) is 205 Å². The minimum Gasteiger partial charge on any atom is -1.00 e. The number of hydrogen-bond donors (Lipinski definition) is 1. The van der Waals surface area contributed by atoms with Gasteiger partial charge < -0.3 is 26.7 Å². The van der Waals surface area contributed by atoms with Crippen LogP contribution in [-0.2, 0) is 24.1 Å². The fraction of sp³-hybridized carbons (Fsp3) is 0.312. The van der Waals surface area contributed by atoms with E-state index in [0.29, 0.717) is 35.1 Å². The zero-order valence-corrected chi connectivity index (χ0v) is 44.6. The average molecular weight is 1060 g/mol. The van der Waals surface area contributed by atoms with E-state index in [1.54, 1.807) is 9.80 Å². The van der Waals surface area contributed by atoms with E-state index < -0.39 is 9.85 Å². The van der Waals surface area contributed by atoms with E-state index in [9.17, 15) is 34.6 Å². The summed E-state index contributed by atoms with van der Waals surface area (Å²) < 4.78 is 0. The predicted molar refractivity (Wildman–Crippen MR) is 193 cm³/mol. The van der Waals surface area contributed by atoms with Gasteiger partial charge >= 0.3 is 138 Å². The zero-order chi connectivity index (χ0) is 38.1. The Kier molecular flexibility index (Phi) is 27.8. The second-order valence-electron chi connectivity index (χ2n) is 10.6. The van der Waals surface area contributed by atoms with Gasteiger partial charge in [0, 0.05) is 64.6 Å². The number of rotatable bonds is 5. The predicted octanol–water partition coefficient (Wildman–Crippen LogP) is 0.749. The molecule has 3 aliphatic heterocycles. The number of nitro benzene ring substituents is 2. The van der Waals surface area contributed by atoms with E-state index in [-0.39, 0.29) is 186 Å². The molecule has 3 aromatic carbocycles. The first-order valence-electron chi connectivity index (χ1n) is 15.1. The number of amides is 3. The average Bonchev–Trinajstić information content (AvgIpc) is 3.86. The van der Waals surface area contributed by atoms with E-state index in [0.717, 1.165) is 50.0 Å². The smallest absolute Gasteiger partial charge is 1.00 e. The van der Waals surface area contributed by atoms with Gasteiger partial charge in [-0.2, -0.15) is 0 Å². The van der Waals surface area contributed by atoms with Crippen LogP contribution in [0.25, 0.3) is 0 Å². The Balaban J connectivity index is -0.000000641. The minimum atomic E-state index is -0.526. The molecule has 21 heteroatoms. The summed E-state index contributed by atoms with van der Waals surface area (Å²) in [6.45, 7) is 4.11. The van der Waals surface area contributed by atoms with Gasteiger partial charge in [0.2, 0.25) is 17.7 Å². The first-order chi connectivity index (χ1) is 24.2. The fourth-order valence-electron chi connectivity index (χ4n) is 4.63. The minimum absolute atomic E-state index is 0. The second kappa shape index (κ2) is 28.0. The molecule has 0 aliphatic carbocycles. The van der Waals surface area contributed by atoms with Crippen LogP contribution in [0.5, 0.6) is 0 Å². The molecule has 278 valence electrons. The van der Waals surface area contributed by atoms with Crippen LogP contribution in [0, 0.1) is 27.2 Å². The molecular formula is C32H35Cl4Cs2N5O10. The van der Waals surface area contributed by atoms with Gasteiger partial charge in [-0.1, -0.05) is 52.5 Å². The Hall–Kier alpha value is -0.436. The van der Waals surface area contributed by atoms with Crippen molar-refractivity contribution in [2.75, 3.05) is 29.4 Å². The summed E-state index contributed by atoms with van der Waals surface area (Å²) in [6.07, 6.45) is 4.64. The third-order valence-corrected chi connectivity index (χ3v) is 8.37. The maximum atomic E-state index is 11.5. The number of hydrogen-bond acceptors (Lipinski definition) is 10. The Labute approximate surface area is 445 Å². The molecule has 1 N–H and O–H groups in total. The number of halogens is 4. The second-order valence-corrected chi connectivity index (χ2v) is 12.3. The normalized spacial score (nSPS) is 13.8. The van der Waals surface area contributed by atoms with Crippen LogP contribution in [0.3, 0.4) is 0 Å². The van der Waals surface area contributed by atoms with Gasteiger partial charge in [-0.3, -0.25) is 39.4 Å². The van der Waals surface area contributed by atoms with Crippen molar-refractivity contribution in [1.29, 1.82) is 0 Å². The number of carbonyl (C=O) groups is 4. The standard InChI is InChI=1S/C11H12ClNO.C10H9ClN2O3.C6H3Cl2NO2.C4H7NO.CH2O3.2Cs.H2.H/c1-8-4-5-10(9(12)7-8)13-6-2-3-11(13)14;11-8-6-7(13(15)16)3-4-9(8)12-5-1-2-10(12)14;7-5-2-1-4(9(10)11)3-6(5)8;6-4-2-1-3-5-4;2-1-4-3;;;;/h4-5,7H,2-3,6H2,1H3;3-4,6H,1-2,5H2;1-3H;1-3H2,(H,5,6);1,3H;;;1H;/q;;;;;2*+1;;-1/p-1. The van der Waals surface area contributed by atoms with Crippen molar-refractivity contribution in [3.05, 3.63) is 100 Å². The molecule has 53 heavy (non-hydrogen) atoms. The monoisotopic (exact) mass is 1050 g/mol. The molecule has 3 aliphatic rings. The van der Waals surface area contributed by atoms with Crippen LogP contribution >= 0.6 is 46.4 Å². The van der Waals surface area contributed by atoms with Crippen molar-refractivity contribution < 1.29 is 180 Å². The van der Waals surface area contributed by atoms with Crippen molar-refractivity contribution in [2.24, 2.45) is 0 Å². The molecule has 0 aromatic heterocycles. The van der Waals surface area contributed by atoms with Gasteiger partial charge in [-0.15, -0.1) is 0 Å². The SMILES string of the molecule is Cc1ccc(N2CCCC2=O)c(Cl)c1.O=C1CCCN1.O=C1CCCN1c1ccc([N+](=O)[O-])cc1Cl.O=CO[O-].O=[N+]([O-])c1ccc(Cl)c(Cl)c1.[Cs+].[Cs+].[H-].[HH]. The van der Waals surface area contributed by atoms with Crippen molar-refractivity contribution in [3.8, 4) is 0 Å². The van der Waals surface area contributed by atoms with E-state index in [4.69, 9.17) is 56.5 Å². The molecule has 0 unspecified atom stereocenters. The third-order valence-electron chi connectivity index (χ3n) is 7.03. The quantitative estimate of drug-likeness (QED) is 0.164. The molecule has 15 nitrogen and oxygen atoms in total. The van der Waals surface area contributed by atoms with Crippen molar-refractivity contribution in [2.45, 2.75) is 45.4 Å². The van der Waals surface area contributed by atoms with Crippen molar-refractivity contribution in [3.63, 3.8) is 0 Å². The molecule has 3 heterocycles. The van der Waals surface area contributed by atoms with Crippen LogP contribution in [0.4, 0.5) is 22.7 Å². The van der Waals surface area contributed by atoms with Crippen LogP contribution in [0.15, 0.2) is 54.6 Å². The van der Waals surface area contributed by atoms with E-state index in [1.807, 2.05) is 25.1 Å². The van der Waals surface area contributed by atoms with Crippen LogP contribution < -0.4 is 158 Å². The number of anilines is 2. The van der Waals surface area contributed by atoms with Crippen LogP contribution in [-0.4, -0.2) is 53.7 Å². The molecule has 0 atom stereocenters. The largest absolute Gasteiger partial charge is 1.00 e. The van der Waals surface area contributed by atoms with Crippen molar-refractivity contribution in [1.82, 2.24) is 5.32 Å². The molecular weight excluding hydrogens is 1020 g/mol. The van der Waals surface area contributed by atoms with Gasteiger partial charge in [0.25, 0.3) is 17.8 Å². The van der Waals surface area contributed by atoms with Crippen LogP contribution in [0.1, 0.15) is 46.9 Å². The summed E-state index contributed by atoms with van der Waals surface area (Å²) in [4.78, 5) is 67.3. The Morgan fingerprint density at radius 1 is 0.736 bits per heavy atom. The molecule has 3 amide bonds. The maximum absolute atomic E-state index is 11.5. The van der Waals surface area contributed by atoms with Crippen molar-refractivity contribution >= 4 is 93.3 Å². The summed E-state index contributed by atoms with van der Waals surface area (Å²) in [5, 5.41) is 33.2. The number of nitro groups is 2. The van der Waals surface area contributed by atoms with Crippen LogP contribution in [0.2, 0.25) is 20.1 Å². The number of aryl methyl sites for hydroxylation is 1. The van der Waals surface area contributed by atoms with Gasteiger partial charge in [-0.25, -0.2) is 0 Å². The Morgan fingerprint density at radius 3 is 1.51 bits per heavy atom. The van der Waals surface area contributed by atoms with E-state index in [2.05, 4.69) is 10.2 Å². The van der Waals surface area contributed by atoms with Gasteiger partial charge in [-0.05, 0) is 56.0 Å². The first-order valence-corrected chi connectivity index (χ1v) is 16.6. The van der Waals surface area contributed by atoms with E-state index in [1.165, 1.54) is 36.4 Å². The number of carbonyl (C=O) groups excluding carboxylic acids is 4. The zero-order valence-electron chi connectivity index (χ0n) is 30.0. The number of benzene rings is 3. The van der Waals surface area contributed by atoms with E-state index >= 15 is 0 Å². The fourth-order valence-corrected chi connectivity index (χ4v) is 5.53. The number of non-ortho nitro benzene ring substituents is 2. The molecule has 3 fully saturated rings. The third kappa shape index (κ3) is 18.6. The van der Waals surface area contributed by atoms with Gasteiger partial charge in [0.05, 0.1) is 41.3 Å². The van der Waals surface area contributed by atoms with Gasteiger partial charge in [0.1, 0.15) is 0 Å². The summed E-state index contributed by atoms with van der Waals surface area (Å²) in [5.74, 6) is 0.390. The summed E-state index contributed by atoms with van der Waals surface area (Å²) in [6, 6.07) is 13.8. The molecule has 0 bridgehead atoms. The Morgan fingerprint density at radius 2 is 1.19 bits per heavy atom. The summed E-state index contributed by atoms with van der Waals surface area (Å²) >= 11 is 23.1. The van der Waals surface area contributed by atoms with Gasteiger partial charge in [0.15, 0.2) is 0 Å². The molecule has 6 rings (SSSR count). The summed E-state index contributed by atoms with van der Waals surface area (Å²) in [7, 11) is 0. The first kappa shape index (κ1) is 52.6. The number of nitrogens with zero attached hydrogens (tertiary/aromatic N) is 4. The molecule has 0 saturated carbocycles. The Bertz CT molecular complexity index is 1750. The molecule has 3 saturated heterocycles. The number of nitrogens with one attached hydrogen (secondary N) is 1. The molecule has 0 radical (unpaired) electrons. The maximum Gasteiger partial charge on any atom is 1.00 e. The molecule has 3 aromatic rings. The molecule has 0 spiro atoms. The summed E-state index contributed by atoms with van der Waals surface area (Å²) in [5.41, 5.74) is 2.39.